The average molecular weight is 525 g/mol. The fourth-order valence-corrected chi connectivity index (χ4v) is 6.28. The van der Waals surface area contributed by atoms with Gasteiger partial charge in [-0.05, 0) is 36.2 Å². The van der Waals surface area contributed by atoms with Crippen LogP contribution in [0, 0.1) is 5.82 Å². The second-order valence-corrected chi connectivity index (χ2v) is 10.7. The van der Waals surface area contributed by atoms with Crippen LogP contribution in [0.15, 0.2) is 45.8 Å². The van der Waals surface area contributed by atoms with Gasteiger partial charge >= 0.3 is 0 Å². The van der Waals surface area contributed by atoms with Crippen LogP contribution in [0.1, 0.15) is 12.5 Å². The van der Waals surface area contributed by atoms with Crippen LogP contribution in [0.5, 0.6) is 0 Å². The molecule has 32 heavy (non-hydrogen) atoms. The summed E-state index contributed by atoms with van der Waals surface area (Å²) in [5.74, 6) is -0.398. The van der Waals surface area contributed by atoms with Crippen molar-refractivity contribution in [2.24, 2.45) is 0 Å². The number of fused-ring (bicyclic) bond motifs is 1. The number of benzene rings is 2. The molecule has 7 nitrogen and oxygen atoms in total. The summed E-state index contributed by atoms with van der Waals surface area (Å²) >= 11 is 3.39. The number of amides is 1. The number of hydrogen-bond donors (Lipinski definition) is 1. The monoisotopic (exact) mass is 524 g/mol. The van der Waals surface area contributed by atoms with Gasteiger partial charge in [0.2, 0.25) is 15.9 Å². The van der Waals surface area contributed by atoms with E-state index in [1.807, 2.05) is 17.0 Å². The van der Waals surface area contributed by atoms with Crippen molar-refractivity contribution in [3.63, 3.8) is 0 Å². The first-order valence-electron chi connectivity index (χ1n) is 10.6. The van der Waals surface area contributed by atoms with Crippen LogP contribution >= 0.6 is 15.9 Å². The SMILES string of the molecule is CC(=O)N1CCc2cc(Br)cc(S(=O)(=O)NCCN3CCN(c4ccccc4F)CC3)c21. The highest BCUT2D eigenvalue weighted by Crippen LogP contribution is 2.37. The van der Waals surface area contributed by atoms with Crippen LogP contribution < -0.4 is 14.5 Å². The summed E-state index contributed by atoms with van der Waals surface area (Å²) < 4.78 is 43.5. The van der Waals surface area contributed by atoms with Crippen LogP contribution in [0.25, 0.3) is 0 Å². The third-order valence-corrected chi connectivity index (χ3v) is 7.88. The first kappa shape index (κ1) is 23.2. The van der Waals surface area contributed by atoms with E-state index in [1.165, 1.54) is 17.9 Å². The van der Waals surface area contributed by atoms with Crippen molar-refractivity contribution in [2.45, 2.75) is 18.2 Å². The Kier molecular flexibility index (Phi) is 6.85. The summed E-state index contributed by atoms with van der Waals surface area (Å²) in [6.07, 6.45) is 0.628. The minimum Gasteiger partial charge on any atom is -0.367 e. The number of halogens is 2. The Morgan fingerprint density at radius 3 is 2.53 bits per heavy atom. The minimum absolute atomic E-state index is 0.124. The molecular formula is C22H26BrFN4O3S. The first-order valence-corrected chi connectivity index (χ1v) is 12.9. The summed E-state index contributed by atoms with van der Waals surface area (Å²) in [5.41, 5.74) is 1.93. The van der Waals surface area contributed by atoms with Gasteiger partial charge in [0.1, 0.15) is 10.7 Å². The Balaban J connectivity index is 1.37. The van der Waals surface area contributed by atoms with Crippen LogP contribution in [-0.4, -0.2) is 65.0 Å². The number of rotatable bonds is 6. The van der Waals surface area contributed by atoms with Crippen molar-refractivity contribution in [2.75, 3.05) is 55.6 Å². The van der Waals surface area contributed by atoms with E-state index in [9.17, 15) is 17.6 Å². The maximum Gasteiger partial charge on any atom is 0.242 e. The van der Waals surface area contributed by atoms with Gasteiger partial charge in [-0.3, -0.25) is 9.69 Å². The summed E-state index contributed by atoms with van der Waals surface area (Å²) in [7, 11) is -3.80. The second kappa shape index (κ2) is 9.46. The molecule has 172 valence electrons. The van der Waals surface area contributed by atoms with Crippen molar-refractivity contribution in [3.05, 3.63) is 52.3 Å². The molecule has 0 bridgehead atoms. The van der Waals surface area contributed by atoms with Gasteiger partial charge in [0.15, 0.2) is 0 Å². The Hall–Kier alpha value is -2.01. The molecule has 0 unspecified atom stereocenters. The lowest BCUT2D eigenvalue weighted by atomic mass is 10.2. The van der Waals surface area contributed by atoms with Crippen molar-refractivity contribution in [1.82, 2.24) is 9.62 Å². The van der Waals surface area contributed by atoms with Gasteiger partial charge in [-0.15, -0.1) is 0 Å². The van der Waals surface area contributed by atoms with Gasteiger partial charge < -0.3 is 9.80 Å². The van der Waals surface area contributed by atoms with Gasteiger partial charge in [-0.2, -0.15) is 0 Å². The van der Waals surface area contributed by atoms with Crippen LogP contribution in [-0.2, 0) is 21.2 Å². The summed E-state index contributed by atoms with van der Waals surface area (Å²) in [4.78, 5) is 17.8. The third kappa shape index (κ3) is 4.83. The van der Waals surface area contributed by atoms with E-state index in [2.05, 4.69) is 25.6 Å². The molecular weight excluding hydrogens is 499 g/mol. The fraction of sp³-hybridized carbons (Fsp3) is 0.409. The Morgan fingerprint density at radius 1 is 1.12 bits per heavy atom. The smallest absolute Gasteiger partial charge is 0.242 e. The van der Waals surface area contributed by atoms with Gasteiger partial charge in [0, 0.05) is 57.2 Å². The number of para-hydroxylation sites is 1. The predicted octanol–water partition coefficient (Wildman–Crippen LogP) is 2.60. The normalized spacial score (nSPS) is 17.0. The standard InChI is InChI=1S/C22H26BrFN4O3S/c1-16(29)28-8-6-17-14-18(23)15-21(22(17)28)32(30,31)25-7-9-26-10-12-27(13-11-26)20-5-3-2-4-19(20)24/h2-5,14-15,25H,6-13H2,1H3. The predicted molar refractivity (Wildman–Crippen MR) is 126 cm³/mol. The lowest BCUT2D eigenvalue weighted by Crippen LogP contribution is -2.48. The van der Waals surface area contributed by atoms with Crippen molar-refractivity contribution in [1.29, 1.82) is 0 Å². The molecule has 0 spiro atoms. The van der Waals surface area contributed by atoms with Crippen LogP contribution in [0.3, 0.4) is 0 Å². The molecule has 1 saturated heterocycles. The molecule has 10 heteroatoms. The van der Waals surface area contributed by atoms with Crippen molar-refractivity contribution < 1.29 is 17.6 Å². The molecule has 0 aliphatic carbocycles. The zero-order chi connectivity index (χ0) is 22.9. The number of carbonyl (C=O) groups excluding carboxylic acids is 1. The molecule has 0 atom stereocenters. The second-order valence-electron chi connectivity index (χ2n) is 8.01. The molecule has 1 N–H and O–H groups in total. The van der Waals surface area contributed by atoms with E-state index in [1.54, 1.807) is 18.2 Å². The maximum absolute atomic E-state index is 14.0. The van der Waals surface area contributed by atoms with E-state index in [0.717, 1.165) is 18.7 Å². The number of nitrogens with one attached hydrogen (secondary N) is 1. The quantitative estimate of drug-likeness (QED) is 0.628. The Bertz CT molecular complexity index is 1120. The summed E-state index contributed by atoms with van der Waals surface area (Å²) in [6.45, 7) is 5.54. The highest BCUT2D eigenvalue weighted by molar-refractivity contribution is 9.10. The Morgan fingerprint density at radius 2 is 1.84 bits per heavy atom. The molecule has 1 amide bonds. The van der Waals surface area contributed by atoms with E-state index < -0.39 is 10.0 Å². The number of hydrogen-bond acceptors (Lipinski definition) is 5. The van der Waals surface area contributed by atoms with Gasteiger partial charge in [-0.25, -0.2) is 17.5 Å². The summed E-state index contributed by atoms with van der Waals surface area (Å²) in [6, 6.07) is 10.2. The van der Waals surface area contributed by atoms with E-state index in [0.29, 0.717) is 48.4 Å². The molecule has 2 heterocycles. The van der Waals surface area contributed by atoms with E-state index in [4.69, 9.17) is 0 Å². The first-order chi connectivity index (χ1) is 15.3. The maximum atomic E-state index is 14.0. The molecule has 0 radical (unpaired) electrons. The zero-order valence-electron chi connectivity index (χ0n) is 17.9. The lowest BCUT2D eigenvalue weighted by molar-refractivity contribution is -0.116. The Labute approximate surface area is 196 Å². The zero-order valence-corrected chi connectivity index (χ0v) is 20.3. The largest absolute Gasteiger partial charge is 0.367 e. The van der Waals surface area contributed by atoms with Crippen molar-refractivity contribution in [3.8, 4) is 0 Å². The fourth-order valence-electron chi connectivity index (χ4n) is 4.33. The molecule has 4 rings (SSSR count). The van der Waals surface area contributed by atoms with Crippen molar-refractivity contribution >= 4 is 43.2 Å². The number of piperazine rings is 1. The number of sulfonamides is 1. The molecule has 1 fully saturated rings. The van der Waals surface area contributed by atoms with E-state index >= 15 is 0 Å². The highest BCUT2D eigenvalue weighted by atomic mass is 79.9. The van der Waals surface area contributed by atoms with Gasteiger partial charge in [-0.1, -0.05) is 28.1 Å². The van der Waals surface area contributed by atoms with Crippen LogP contribution in [0.4, 0.5) is 15.8 Å². The lowest BCUT2D eigenvalue weighted by Gasteiger charge is -2.36. The molecule has 2 aromatic carbocycles. The van der Waals surface area contributed by atoms with Crippen LogP contribution in [0.2, 0.25) is 0 Å². The van der Waals surface area contributed by atoms with E-state index in [-0.39, 0.29) is 23.2 Å². The molecule has 0 aromatic heterocycles. The number of nitrogens with zero attached hydrogens (tertiary/aromatic N) is 3. The molecule has 0 saturated carbocycles. The molecule has 2 aliphatic rings. The average Bonchev–Trinajstić information content (AvgIpc) is 3.18. The minimum atomic E-state index is -3.80. The number of anilines is 2. The molecule has 2 aliphatic heterocycles. The highest BCUT2D eigenvalue weighted by Gasteiger charge is 2.31. The summed E-state index contributed by atoms with van der Waals surface area (Å²) in [5, 5.41) is 0. The third-order valence-electron chi connectivity index (χ3n) is 5.95. The van der Waals surface area contributed by atoms with Gasteiger partial charge in [0.05, 0.1) is 11.4 Å². The molecule has 2 aromatic rings. The van der Waals surface area contributed by atoms with Gasteiger partial charge in [0.25, 0.3) is 0 Å². The topological polar surface area (TPSA) is 73.0 Å². The number of carbonyl (C=O) groups is 1.